The fraction of sp³-hybridized carbons (Fsp3) is 0.0455. The summed E-state index contributed by atoms with van der Waals surface area (Å²) in [5, 5.41) is 10.4. The van der Waals surface area contributed by atoms with Crippen molar-refractivity contribution in [1.29, 1.82) is 0 Å². The Hall–Kier alpha value is -3.29. The monoisotopic (exact) mass is 419 g/mol. The minimum Gasteiger partial charge on any atom is -0.496 e. The van der Waals surface area contributed by atoms with Gasteiger partial charge in [0.05, 0.1) is 18.4 Å². The first-order valence-electron chi connectivity index (χ1n) is 8.84. The van der Waals surface area contributed by atoms with Gasteiger partial charge in [-0.3, -0.25) is 10.1 Å². The van der Waals surface area contributed by atoms with Crippen LogP contribution in [0.15, 0.2) is 72.1 Å². The molecule has 0 fully saturated rings. The molecule has 0 aliphatic carbocycles. The molecule has 1 heterocycles. The van der Waals surface area contributed by atoms with E-state index in [4.69, 9.17) is 17.0 Å². The predicted octanol–water partition coefficient (Wildman–Crippen LogP) is 5.10. The average Bonchev–Trinajstić information content (AvgIpc) is 3.21. The summed E-state index contributed by atoms with van der Waals surface area (Å²) in [6.07, 6.45) is 0. The third-order valence-corrected chi connectivity index (χ3v) is 5.30. The average molecular weight is 420 g/mol. The zero-order valence-corrected chi connectivity index (χ0v) is 17.1. The Morgan fingerprint density at radius 2 is 1.72 bits per heavy atom. The second-order valence-electron chi connectivity index (χ2n) is 6.21. The number of nitrogens with one attached hydrogen (secondary N) is 2. The lowest BCUT2D eigenvalue weighted by Crippen LogP contribution is -2.34. The van der Waals surface area contributed by atoms with Crippen LogP contribution in [0.25, 0.3) is 22.0 Å². The Kier molecular flexibility index (Phi) is 5.50. The molecule has 0 atom stereocenters. The van der Waals surface area contributed by atoms with Crippen LogP contribution in [0.5, 0.6) is 5.75 Å². The summed E-state index contributed by atoms with van der Waals surface area (Å²) < 4.78 is 5.39. The number of nitrogens with zero attached hydrogens (tertiary/aromatic N) is 1. The molecule has 7 heteroatoms. The summed E-state index contributed by atoms with van der Waals surface area (Å²) >= 11 is 6.72. The molecule has 1 aromatic heterocycles. The van der Waals surface area contributed by atoms with Crippen molar-refractivity contribution in [3.8, 4) is 17.0 Å². The van der Waals surface area contributed by atoms with Crippen molar-refractivity contribution in [1.82, 2.24) is 10.3 Å². The molecule has 0 aliphatic rings. The van der Waals surface area contributed by atoms with E-state index < -0.39 is 0 Å². The molecule has 29 heavy (non-hydrogen) atoms. The zero-order chi connectivity index (χ0) is 20.2. The fourth-order valence-electron chi connectivity index (χ4n) is 2.94. The first-order chi connectivity index (χ1) is 14.1. The van der Waals surface area contributed by atoms with Crippen molar-refractivity contribution in [2.24, 2.45) is 0 Å². The second kappa shape index (κ2) is 8.38. The number of thiazole rings is 1. The summed E-state index contributed by atoms with van der Waals surface area (Å²) in [5.41, 5.74) is 2.29. The normalized spacial score (nSPS) is 10.5. The number of anilines is 1. The fourth-order valence-corrected chi connectivity index (χ4v) is 3.92. The summed E-state index contributed by atoms with van der Waals surface area (Å²) in [6.45, 7) is 0. The van der Waals surface area contributed by atoms with Gasteiger partial charge in [0, 0.05) is 10.9 Å². The molecule has 4 rings (SSSR count). The van der Waals surface area contributed by atoms with Gasteiger partial charge in [0.25, 0.3) is 5.91 Å². The maximum absolute atomic E-state index is 12.8. The van der Waals surface area contributed by atoms with Crippen LogP contribution in [0.2, 0.25) is 0 Å². The Balaban J connectivity index is 1.48. The van der Waals surface area contributed by atoms with E-state index in [2.05, 4.69) is 15.6 Å². The molecule has 0 bridgehead atoms. The van der Waals surface area contributed by atoms with Crippen molar-refractivity contribution in [3.63, 3.8) is 0 Å². The number of carbonyl (C=O) groups is 1. The van der Waals surface area contributed by atoms with Crippen LogP contribution in [0.1, 0.15) is 10.4 Å². The number of hydrogen-bond donors (Lipinski definition) is 2. The topological polar surface area (TPSA) is 63.2 Å². The lowest BCUT2D eigenvalue weighted by molar-refractivity contribution is 0.0975. The number of amides is 1. The molecule has 0 unspecified atom stereocenters. The molecule has 0 spiro atoms. The van der Waals surface area contributed by atoms with E-state index >= 15 is 0 Å². The predicted molar refractivity (Wildman–Crippen MR) is 122 cm³/mol. The number of benzene rings is 3. The molecule has 0 saturated carbocycles. The van der Waals surface area contributed by atoms with Crippen molar-refractivity contribution >= 4 is 50.5 Å². The minimum absolute atomic E-state index is 0.180. The number of aromatic nitrogens is 1. The molecule has 0 radical (unpaired) electrons. The minimum atomic E-state index is -0.343. The van der Waals surface area contributed by atoms with E-state index in [1.807, 2.05) is 66.0 Å². The van der Waals surface area contributed by atoms with Gasteiger partial charge >= 0.3 is 0 Å². The molecular formula is C22H17N3O2S2. The van der Waals surface area contributed by atoms with E-state index in [0.29, 0.717) is 16.4 Å². The summed E-state index contributed by atoms with van der Waals surface area (Å²) in [6, 6.07) is 21.3. The van der Waals surface area contributed by atoms with Crippen LogP contribution in [0.3, 0.4) is 0 Å². The molecule has 4 aromatic rings. The van der Waals surface area contributed by atoms with Crippen LogP contribution < -0.4 is 15.4 Å². The highest BCUT2D eigenvalue weighted by Gasteiger charge is 2.15. The number of thiocarbonyl (C=S) groups is 1. The number of fused-ring (bicyclic) bond motifs is 1. The van der Waals surface area contributed by atoms with Crippen LogP contribution >= 0.6 is 23.6 Å². The van der Waals surface area contributed by atoms with Gasteiger partial charge in [-0.2, -0.15) is 0 Å². The van der Waals surface area contributed by atoms with E-state index in [1.54, 1.807) is 6.07 Å². The van der Waals surface area contributed by atoms with Crippen molar-refractivity contribution in [2.45, 2.75) is 0 Å². The Morgan fingerprint density at radius 1 is 1.03 bits per heavy atom. The third-order valence-electron chi connectivity index (χ3n) is 4.33. The molecule has 5 nitrogen and oxygen atoms in total. The molecule has 1 amide bonds. The van der Waals surface area contributed by atoms with Crippen molar-refractivity contribution < 1.29 is 9.53 Å². The number of rotatable bonds is 4. The number of methoxy groups -OCH3 is 1. The first-order valence-corrected chi connectivity index (χ1v) is 10.1. The van der Waals surface area contributed by atoms with E-state index in [9.17, 15) is 4.79 Å². The summed E-state index contributed by atoms with van der Waals surface area (Å²) in [5.74, 6) is 0.148. The molecule has 0 saturated heterocycles. The largest absolute Gasteiger partial charge is 0.496 e. The van der Waals surface area contributed by atoms with Gasteiger partial charge in [-0.05, 0) is 35.1 Å². The summed E-state index contributed by atoms with van der Waals surface area (Å²) in [4.78, 5) is 17.3. The van der Waals surface area contributed by atoms with Gasteiger partial charge in [0.2, 0.25) is 0 Å². The van der Waals surface area contributed by atoms with Gasteiger partial charge in [-0.1, -0.05) is 54.6 Å². The number of carbonyl (C=O) groups excluding carboxylic acids is 1. The molecule has 0 aliphatic heterocycles. The highest BCUT2D eigenvalue weighted by molar-refractivity contribution is 7.80. The van der Waals surface area contributed by atoms with Crippen LogP contribution in [-0.4, -0.2) is 23.1 Å². The maximum Gasteiger partial charge on any atom is 0.261 e. The zero-order valence-electron chi connectivity index (χ0n) is 15.5. The number of ether oxygens (including phenoxy) is 1. The Labute approximate surface area is 177 Å². The van der Waals surface area contributed by atoms with Gasteiger partial charge in [0.15, 0.2) is 10.2 Å². The first kappa shape index (κ1) is 19.0. The Bertz CT molecular complexity index is 1190. The van der Waals surface area contributed by atoms with Crippen LogP contribution in [0, 0.1) is 0 Å². The molecular weight excluding hydrogens is 402 g/mol. The third kappa shape index (κ3) is 4.26. The smallest absolute Gasteiger partial charge is 0.261 e. The van der Waals surface area contributed by atoms with Crippen LogP contribution in [-0.2, 0) is 0 Å². The van der Waals surface area contributed by atoms with Gasteiger partial charge in [0.1, 0.15) is 5.75 Å². The summed E-state index contributed by atoms with van der Waals surface area (Å²) in [7, 11) is 1.54. The molecule has 144 valence electrons. The lowest BCUT2D eigenvalue weighted by atomic mass is 10.1. The van der Waals surface area contributed by atoms with Crippen molar-refractivity contribution in [3.05, 3.63) is 77.7 Å². The second-order valence-corrected chi connectivity index (χ2v) is 7.48. The Morgan fingerprint density at radius 3 is 2.45 bits per heavy atom. The molecule has 3 aromatic carbocycles. The van der Waals surface area contributed by atoms with Gasteiger partial charge in [-0.15, -0.1) is 11.3 Å². The van der Waals surface area contributed by atoms with Crippen molar-refractivity contribution in [2.75, 3.05) is 12.4 Å². The quantitative estimate of drug-likeness (QED) is 0.451. The highest BCUT2D eigenvalue weighted by Crippen LogP contribution is 2.26. The van der Waals surface area contributed by atoms with Crippen LogP contribution in [0.4, 0.5) is 5.13 Å². The van der Waals surface area contributed by atoms with E-state index in [1.165, 1.54) is 18.4 Å². The highest BCUT2D eigenvalue weighted by atomic mass is 32.1. The molecule has 2 N–H and O–H groups in total. The van der Waals surface area contributed by atoms with Gasteiger partial charge < -0.3 is 10.1 Å². The van der Waals surface area contributed by atoms with E-state index in [0.717, 1.165) is 22.0 Å². The van der Waals surface area contributed by atoms with E-state index in [-0.39, 0.29) is 11.0 Å². The van der Waals surface area contributed by atoms with Gasteiger partial charge in [-0.25, -0.2) is 4.98 Å². The maximum atomic E-state index is 12.8. The lowest BCUT2D eigenvalue weighted by Gasteiger charge is -2.12. The standard InChI is InChI=1S/C22H17N3O2S2/c1-27-19-12-16-10-6-5-9-15(16)11-17(19)20(26)24-21(28)25-22-23-18(13-29-22)14-7-3-2-4-8-14/h2-13H,1H3,(H2,23,24,25,26,28). The number of hydrogen-bond acceptors (Lipinski definition) is 5. The SMILES string of the molecule is COc1cc2ccccc2cc1C(=O)NC(=S)Nc1nc(-c2ccccc2)cs1.